The molecule has 6 rings (SSSR count). The van der Waals surface area contributed by atoms with Crippen molar-refractivity contribution in [3.05, 3.63) is 71.9 Å². The third-order valence-corrected chi connectivity index (χ3v) is 7.18. The van der Waals surface area contributed by atoms with Crippen LogP contribution in [0.25, 0.3) is 22.0 Å². The average Bonchev–Trinajstić information content (AvgIpc) is 3.31. The molecule has 0 saturated carbocycles. The van der Waals surface area contributed by atoms with Crippen LogP contribution in [0.1, 0.15) is 47.4 Å². The molecule has 0 radical (unpaired) electrons. The summed E-state index contributed by atoms with van der Waals surface area (Å²) in [5, 5.41) is 11.0. The minimum atomic E-state index is -0.257. The Labute approximate surface area is 210 Å². The minimum Gasteiger partial charge on any atom is -0.319 e. The van der Waals surface area contributed by atoms with Crippen LogP contribution in [0, 0.1) is 0 Å². The first-order valence-electron chi connectivity index (χ1n) is 12.8. The molecule has 36 heavy (non-hydrogen) atoms. The maximum atomic E-state index is 13.1. The van der Waals surface area contributed by atoms with Crippen molar-refractivity contribution in [2.75, 3.05) is 31.5 Å². The Kier molecular flexibility index (Phi) is 6.44. The predicted octanol–water partition coefficient (Wildman–Crippen LogP) is 4.46. The van der Waals surface area contributed by atoms with Crippen molar-refractivity contribution in [2.45, 2.75) is 38.8 Å². The zero-order valence-electron chi connectivity index (χ0n) is 20.4. The fraction of sp³-hybridized carbons (Fsp3) is 0.357. The standard InChI is InChI=1S/C28H31N7O/c36-28(31-23-6-7-24(30-17-23)19-35-11-4-12-35)27-25-14-21(5-8-26(25)32-33-27)22-13-20(15-29-16-22)18-34-9-2-1-3-10-34/h5-8,13-17H,1-4,9-12,18-19H2,(H,31,36)(H,32,33). The fourth-order valence-corrected chi connectivity index (χ4v) is 5.03. The number of piperidine rings is 1. The number of carbonyl (C=O) groups is 1. The molecule has 0 spiro atoms. The molecule has 1 amide bonds. The topological polar surface area (TPSA) is 90.0 Å². The van der Waals surface area contributed by atoms with Crippen molar-refractivity contribution in [1.29, 1.82) is 0 Å². The number of pyridine rings is 2. The van der Waals surface area contributed by atoms with E-state index in [9.17, 15) is 4.79 Å². The van der Waals surface area contributed by atoms with Gasteiger partial charge in [0.15, 0.2) is 5.69 Å². The Morgan fingerprint density at radius 2 is 1.69 bits per heavy atom. The van der Waals surface area contributed by atoms with E-state index in [2.05, 4.69) is 41.3 Å². The maximum Gasteiger partial charge on any atom is 0.276 e. The van der Waals surface area contributed by atoms with E-state index in [1.54, 1.807) is 6.20 Å². The van der Waals surface area contributed by atoms with Gasteiger partial charge in [-0.25, -0.2) is 0 Å². The van der Waals surface area contributed by atoms with Crippen LogP contribution in [0.4, 0.5) is 5.69 Å². The second kappa shape index (κ2) is 10.2. The monoisotopic (exact) mass is 481 g/mol. The van der Waals surface area contributed by atoms with Gasteiger partial charge in [-0.2, -0.15) is 5.10 Å². The van der Waals surface area contributed by atoms with Gasteiger partial charge in [-0.15, -0.1) is 0 Å². The molecule has 8 nitrogen and oxygen atoms in total. The Balaban J connectivity index is 1.19. The van der Waals surface area contributed by atoms with E-state index in [1.165, 1.54) is 31.2 Å². The highest BCUT2D eigenvalue weighted by Crippen LogP contribution is 2.27. The summed E-state index contributed by atoms with van der Waals surface area (Å²) in [4.78, 5) is 26.9. The van der Waals surface area contributed by atoms with Gasteiger partial charge < -0.3 is 5.32 Å². The summed E-state index contributed by atoms with van der Waals surface area (Å²) in [6.45, 7) is 6.35. The van der Waals surface area contributed by atoms with E-state index < -0.39 is 0 Å². The van der Waals surface area contributed by atoms with E-state index in [-0.39, 0.29) is 5.91 Å². The first-order chi connectivity index (χ1) is 17.7. The molecule has 2 saturated heterocycles. The fourth-order valence-electron chi connectivity index (χ4n) is 5.03. The molecule has 1 aromatic carbocycles. The van der Waals surface area contributed by atoms with Crippen molar-refractivity contribution < 1.29 is 4.79 Å². The molecule has 0 bridgehead atoms. The lowest BCUT2D eigenvalue weighted by atomic mass is 10.0. The summed E-state index contributed by atoms with van der Waals surface area (Å²) in [5.41, 5.74) is 6.14. The number of hydrogen-bond acceptors (Lipinski definition) is 6. The molecule has 0 aliphatic carbocycles. The molecule has 8 heteroatoms. The number of carbonyl (C=O) groups excluding carboxylic acids is 1. The van der Waals surface area contributed by atoms with Crippen molar-refractivity contribution >= 4 is 22.5 Å². The number of likely N-dealkylation sites (tertiary alicyclic amines) is 2. The Hall–Kier alpha value is -3.62. The molecule has 184 valence electrons. The largest absolute Gasteiger partial charge is 0.319 e. The summed E-state index contributed by atoms with van der Waals surface area (Å²) in [6.07, 6.45) is 10.7. The molecule has 2 fully saturated rings. The highest BCUT2D eigenvalue weighted by Gasteiger charge is 2.17. The van der Waals surface area contributed by atoms with Crippen LogP contribution in [-0.4, -0.2) is 62.1 Å². The van der Waals surface area contributed by atoms with E-state index in [4.69, 9.17) is 0 Å². The number of hydrogen-bond donors (Lipinski definition) is 2. The van der Waals surface area contributed by atoms with Crippen LogP contribution >= 0.6 is 0 Å². The molecule has 2 aliphatic rings. The lowest BCUT2D eigenvalue weighted by Crippen LogP contribution is -2.36. The number of aromatic nitrogens is 4. The normalized spacial score (nSPS) is 16.7. The zero-order valence-corrected chi connectivity index (χ0v) is 20.4. The first kappa shape index (κ1) is 22.8. The van der Waals surface area contributed by atoms with Gasteiger partial charge >= 0.3 is 0 Å². The number of nitrogens with zero attached hydrogens (tertiary/aromatic N) is 5. The van der Waals surface area contributed by atoms with Crippen molar-refractivity contribution in [1.82, 2.24) is 30.0 Å². The van der Waals surface area contributed by atoms with E-state index in [1.807, 2.05) is 42.7 Å². The number of anilines is 1. The third kappa shape index (κ3) is 5.01. The number of benzene rings is 1. The number of amides is 1. The predicted molar refractivity (Wildman–Crippen MR) is 141 cm³/mol. The van der Waals surface area contributed by atoms with Gasteiger partial charge in [-0.1, -0.05) is 12.5 Å². The second-order valence-corrected chi connectivity index (χ2v) is 9.87. The highest BCUT2D eigenvalue weighted by molar-refractivity contribution is 6.11. The van der Waals surface area contributed by atoms with Gasteiger partial charge in [0.25, 0.3) is 5.91 Å². The van der Waals surface area contributed by atoms with Gasteiger partial charge in [0.2, 0.25) is 0 Å². The van der Waals surface area contributed by atoms with Crippen molar-refractivity contribution in [2.24, 2.45) is 0 Å². The number of nitrogens with one attached hydrogen (secondary N) is 2. The van der Waals surface area contributed by atoms with Gasteiger partial charge in [0, 0.05) is 36.4 Å². The number of H-pyrrole nitrogens is 1. The van der Waals surface area contributed by atoms with E-state index >= 15 is 0 Å². The van der Waals surface area contributed by atoms with Gasteiger partial charge in [-0.3, -0.25) is 29.7 Å². The Bertz CT molecular complexity index is 1350. The average molecular weight is 482 g/mol. The van der Waals surface area contributed by atoms with Crippen LogP contribution < -0.4 is 5.32 Å². The second-order valence-electron chi connectivity index (χ2n) is 9.87. The summed E-state index contributed by atoms with van der Waals surface area (Å²) in [7, 11) is 0. The first-order valence-corrected chi connectivity index (χ1v) is 12.8. The van der Waals surface area contributed by atoms with Gasteiger partial charge in [0.05, 0.1) is 23.1 Å². The van der Waals surface area contributed by atoms with E-state index in [0.29, 0.717) is 11.4 Å². The third-order valence-electron chi connectivity index (χ3n) is 7.18. The number of aromatic amines is 1. The number of fused-ring (bicyclic) bond motifs is 1. The molecule has 0 unspecified atom stereocenters. The van der Waals surface area contributed by atoms with Crippen LogP contribution in [-0.2, 0) is 13.1 Å². The number of rotatable bonds is 7. The minimum absolute atomic E-state index is 0.257. The van der Waals surface area contributed by atoms with Crippen LogP contribution in [0.3, 0.4) is 0 Å². The van der Waals surface area contributed by atoms with Gasteiger partial charge in [-0.05, 0) is 86.9 Å². The summed E-state index contributed by atoms with van der Waals surface area (Å²) in [6, 6.07) is 12.1. The molecule has 5 heterocycles. The highest BCUT2D eigenvalue weighted by atomic mass is 16.1. The molecular formula is C28H31N7O. The molecule has 0 atom stereocenters. The van der Waals surface area contributed by atoms with Gasteiger partial charge in [0.1, 0.15) is 0 Å². The summed E-state index contributed by atoms with van der Waals surface area (Å²) >= 11 is 0. The van der Waals surface area contributed by atoms with E-state index in [0.717, 1.165) is 67.0 Å². The smallest absolute Gasteiger partial charge is 0.276 e. The van der Waals surface area contributed by atoms with Crippen LogP contribution in [0.2, 0.25) is 0 Å². The Morgan fingerprint density at radius 3 is 2.47 bits per heavy atom. The Morgan fingerprint density at radius 1 is 0.861 bits per heavy atom. The summed E-state index contributed by atoms with van der Waals surface area (Å²) in [5.74, 6) is -0.257. The molecule has 3 aromatic heterocycles. The van der Waals surface area contributed by atoms with Crippen molar-refractivity contribution in [3.8, 4) is 11.1 Å². The van der Waals surface area contributed by atoms with Crippen molar-refractivity contribution in [3.63, 3.8) is 0 Å². The zero-order chi connectivity index (χ0) is 24.3. The lowest BCUT2D eigenvalue weighted by molar-refractivity contribution is 0.102. The quantitative estimate of drug-likeness (QED) is 0.405. The molecular weight excluding hydrogens is 450 g/mol. The molecule has 2 N–H and O–H groups in total. The SMILES string of the molecule is O=C(Nc1ccc(CN2CCC2)nc1)c1n[nH]c2ccc(-c3cncc(CN4CCCCC4)c3)cc12. The summed E-state index contributed by atoms with van der Waals surface area (Å²) < 4.78 is 0. The maximum absolute atomic E-state index is 13.1. The van der Waals surface area contributed by atoms with Crippen LogP contribution in [0.5, 0.6) is 0 Å². The molecule has 2 aliphatic heterocycles. The molecule has 4 aromatic rings. The lowest BCUT2D eigenvalue weighted by Gasteiger charge is -2.30. The van der Waals surface area contributed by atoms with Crippen LogP contribution in [0.15, 0.2) is 55.0 Å².